The Morgan fingerprint density at radius 2 is 1.92 bits per heavy atom. The van der Waals surface area contributed by atoms with Crippen molar-refractivity contribution in [3.63, 3.8) is 0 Å². The van der Waals surface area contributed by atoms with Gasteiger partial charge in [0.2, 0.25) is 10.0 Å². The number of carbonyl (C=O) groups excluding carboxylic acids is 1. The Morgan fingerprint density at radius 1 is 1.23 bits per heavy atom. The summed E-state index contributed by atoms with van der Waals surface area (Å²) in [7, 11) is -2.66. The summed E-state index contributed by atoms with van der Waals surface area (Å²) >= 11 is 0. The number of ether oxygens (including phenoxy) is 1. The third-order valence-electron chi connectivity index (χ3n) is 4.83. The molecule has 2 aromatic carbocycles. The molecule has 0 spiro atoms. The number of primary sulfonamides is 1. The first-order valence-electron chi connectivity index (χ1n) is 8.24. The summed E-state index contributed by atoms with van der Waals surface area (Å²) in [4.78, 5) is 12.0. The molecule has 1 aliphatic rings. The predicted molar refractivity (Wildman–Crippen MR) is 99.6 cm³/mol. The number of esters is 1. The lowest BCUT2D eigenvalue weighted by Gasteiger charge is -2.21. The van der Waals surface area contributed by atoms with E-state index in [4.69, 9.17) is 9.88 Å². The van der Waals surface area contributed by atoms with E-state index < -0.39 is 16.0 Å². The van der Waals surface area contributed by atoms with Gasteiger partial charge in [-0.3, -0.25) is 0 Å². The standard InChI is InChI=1S/C19H22N2O4S/c1-19(2)11-17(13-6-4-5-7-15(13)19)21-16-9-8-12(26(20,23)24)10-14(16)18(22)25-3/h4-10,17,21H,11H2,1-3H3,(H2,20,23,24). The van der Waals surface area contributed by atoms with Gasteiger partial charge in [0.1, 0.15) is 0 Å². The van der Waals surface area contributed by atoms with Gasteiger partial charge < -0.3 is 10.1 Å². The molecule has 0 saturated carbocycles. The van der Waals surface area contributed by atoms with Gasteiger partial charge in [0.25, 0.3) is 0 Å². The maximum absolute atomic E-state index is 12.2. The van der Waals surface area contributed by atoms with Crippen molar-refractivity contribution >= 4 is 21.7 Å². The fourth-order valence-corrected chi connectivity index (χ4v) is 4.11. The average Bonchev–Trinajstić information content (AvgIpc) is 2.84. The van der Waals surface area contributed by atoms with Crippen LogP contribution in [-0.2, 0) is 20.2 Å². The van der Waals surface area contributed by atoms with Crippen LogP contribution >= 0.6 is 0 Å². The molecule has 6 nitrogen and oxygen atoms in total. The Kier molecular flexibility index (Phi) is 4.54. The minimum atomic E-state index is -3.91. The molecule has 1 aliphatic carbocycles. The number of nitrogens with one attached hydrogen (secondary N) is 1. The number of sulfonamides is 1. The smallest absolute Gasteiger partial charge is 0.340 e. The van der Waals surface area contributed by atoms with Crippen LogP contribution in [0.15, 0.2) is 47.4 Å². The number of benzene rings is 2. The fourth-order valence-electron chi connectivity index (χ4n) is 3.57. The van der Waals surface area contributed by atoms with E-state index in [2.05, 4.69) is 31.3 Å². The summed E-state index contributed by atoms with van der Waals surface area (Å²) in [5.41, 5.74) is 3.09. The zero-order valence-corrected chi connectivity index (χ0v) is 15.8. The number of fused-ring (bicyclic) bond motifs is 1. The van der Waals surface area contributed by atoms with Crippen molar-refractivity contribution < 1.29 is 17.9 Å². The molecule has 26 heavy (non-hydrogen) atoms. The number of carbonyl (C=O) groups is 1. The third-order valence-corrected chi connectivity index (χ3v) is 5.75. The van der Waals surface area contributed by atoms with E-state index in [0.29, 0.717) is 5.69 Å². The lowest BCUT2D eigenvalue weighted by atomic mass is 9.86. The van der Waals surface area contributed by atoms with E-state index >= 15 is 0 Å². The van der Waals surface area contributed by atoms with Crippen LogP contribution in [0.1, 0.15) is 47.8 Å². The van der Waals surface area contributed by atoms with Gasteiger partial charge in [0, 0.05) is 5.69 Å². The summed E-state index contributed by atoms with van der Waals surface area (Å²) in [6.07, 6.45) is 0.851. The molecule has 2 aromatic rings. The SMILES string of the molecule is COC(=O)c1cc(S(N)(=O)=O)ccc1NC1CC(C)(C)c2ccccc21. The van der Waals surface area contributed by atoms with Gasteiger partial charge in [0.15, 0.2) is 0 Å². The largest absolute Gasteiger partial charge is 0.465 e. The molecule has 0 radical (unpaired) electrons. The van der Waals surface area contributed by atoms with Gasteiger partial charge in [-0.25, -0.2) is 18.4 Å². The minimum Gasteiger partial charge on any atom is -0.465 e. The van der Waals surface area contributed by atoms with E-state index in [0.717, 1.165) is 6.42 Å². The van der Waals surface area contributed by atoms with Crippen molar-refractivity contribution in [3.05, 3.63) is 59.2 Å². The lowest BCUT2D eigenvalue weighted by molar-refractivity contribution is 0.0601. The number of anilines is 1. The van der Waals surface area contributed by atoms with E-state index in [1.165, 1.54) is 30.4 Å². The maximum Gasteiger partial charge on any atom is 0.340 e. The Hall–Kier alpha value is -2.38. The molecule has 1 unspecified atom stereocenters. The molecule has 0 aromatic heterocycles. The van der Waals surface area contributed by atoms with Crippen LogP contribution in [0.2, 0.25) is 0 Å². The van der Waals surface area contributed by atoms with Crippen LogP contribution in [-0.4, -0.2) is 21.5 Å². The molecule has 0 amide bonds. The van der Waals surface area contributed by atoms with Crippen molar-refractivity contribution in [2.24, 2.45) is 5.14 Å². The molecule has 0 fully saturated rings. The van der Waals surface area contributed by atoms with Crippen molar-refractivity contribution in [1.82, 2.24) is 0 Å². The Morgan fingerprint density at radius 3 is 2.58 bits per heavy atom. The zero-order chi connectivity index (χ0) is 19.1. The van der Waals surface area contributed by atoms with Gasteiger partial charge >= 0.3 is 5.97 Å². The molecule has 7 heteroatoms. The first kappa shape index (κ1) is 18.4. The highest BCUT2D eigenvalue weighted by molar-refractivity contribution is 7.89. The molecule has 0 bridgehead atoms. The number of rotatable bonds is 4. The highest BCUT2D eigenvalue weighted by atomic mass is 32.2. The van der Waals surface area contributed by atoms with Crippen LogP contribution in [0.3, 0.4) is 0 Å². The normalized spacial score (nSPS) is 18.2. The molecule has 0 heterocycles. The van der Waals surface area contributed by atoms with Crippen molar-refractivity contribution in [3.8, 4) is 0 Å². The molecular formula is C19H22N2O4S. The summed E-state index contributed by atoms with van der Waals surface area (Å²) in [5.74, 6) is -0.622. The highest BCUT2D eigenvalue weighted by Gasteiger charge is 2.36. The maximum atomic E-state index is 12.2. The highest BCUT2D eigenvalue weighted by Crippen LogP contribution is 2.46. The van der Waals surface area contributed by atoms with E-state index in [-0.39, 0.29) is 21.9 Å². The molecule has 1 atom stereocenters. The average molecular weight is 374 g/mol. The van der Waals surface area contributed by atoms with Crippen LogP contribution < -0.4 is 10.5 Å². The van der Waals surface area contributed by atoms with Gasteiger partial charge in [-0.15, -0.1) is 0 Å². The zero-order valence-electron chi connectivity index (χ0n) is 14.9. The van der Waals surface area contributed by atoms with Crippen molar-refractivity contribution in [1.29, 1.82) is 0 Å². The van der Waals surface area contributed by atoms with Crippen LogP contribution in [0.4, 0.5) is 5.69 Å². The number of hydrogen-bond acceptors (Lipinski definition) is 5. The summed E-state index contributed by atoms with van der Waals surface area (Å²) in [6, 6.07) is 12.4. The fraction of sp³-hybridized carbons (Fsp3) is 0.316. The van der Waals surface area contributed by atoms with Crippen LogP contribution in [0, 0.1) is 0 Å². The van der Waals surface area contributed by atoms with Gasteiger partial charge in [-0.2, -0.15) is 0 Å². The van der Waals surface area contributed by atoms with E-state index in [1.54, 1.807) is 6.07 Å². The monoisotopic (exact) mass is 374 g/mol. The van der Waals surface area contributed by atoms with E-state index in [9.17, 15) is 13.2 Å². The second kappa shape index (κ2) is 6.41. The van der Waals surface area contributed by atoms with Crippen LogP contribution in [0.25, 0.3) is 0 Å². The summed E-state index contributed by atoms with van der Waals surface area (Å²) in [6.45, 7) is 4.36. The molecule has 3 N–H and O–H groups in total. The van der Waals surface area contributed by atoms with Crippen molar-refractivity contribution in [2.45, 2.75) is 36.6 Å². The summed E-state index contributed by atoms with van der Waals surface area (Å²) in [5, 5.41) is 8.56. The Labute approximate surface area is 153 Å². The number of nitrogens with two attached hydrogens (primary N) is 1. The quantitative estimate of drug-likeness (QED) is 0.802. The second-order valence-electron chi connectivity index (χ2n) is 7.12. The third kappa shape index (κ3) is 3.32. The van der Waals surface area contributed by atoms with Gasteiger partial charge in [-0.1, -0.05) is 38.1 Å². The van der Waals surface area contributed by atoms with Crippen LogP contribution in [0.5, 0.6) is 0 Å². The topological polar surface area (TPSA) is 98.5 Å². The minimum absolute atomic E-state index is 0.000225. The van der Waals surface area contributed by atoms with Gasteiger partial charge in [0.05, 0.1) is 23.6 Å². The van der Waals surface area contributed by atoms with E-state index in [1.807, 2.05) is 12.1 Å². The molecule has 138 valence electrons. The first-order valence-corrected chi connectivity index (χ1v) is 9.79. The molecule has 3 rings (SSSR count). The predicted octanol–water partition coefficient (Wildman–Crippen LogP) is 2.96. The molecule has 0 saturated heterocycles. The molecule has 0 aliphatic heterocycles. The van der Waals surface area contributed by atoms with Crippen molar-refractivity contribution in [2.75, 3.05) is 12.4 Å². The van der Waals surface area contributed by atoms with Gasteiger partial charge in [-0.05, 0) is 41.2 Å². The second-order valence-corrected chi connectivity index (χ2v) is 8.68. The lowest BCUT2D eigenvalue weighted by Crippen LogP contribution is -2.17. The number of hydrogen-bond donors (Lipinski definition) is 2. The Bertz CT molecular complexity index is 967. The number of methoxy groups -OCH3 is 1. The Balaban J connectivity index is 2.02. The molecular weight excluding hydrogens is 352 g/mol. The first-order chi connectivity index (χ1) is 12.1. The summed E-state index contributed by atoms with van der Waals surface area (Å²) < 4.78 is 28.0.